The minimum Gasteiger partial charge on any atom is -0.465 e. The van der Waals surface area contributed by atoms with Gasteiger partial charge in [-0.25, -0.2) is 8.78 Å². The molecule has 0 saturated carbocycles. The van der Waals surface area contributed by atoms with Gasteiger partial charge in [0.25, 0.3) is 6.43 Å². The Hall–Kier alpha value is -0.750. The molecule has 0 saturated heterocycles. The zero-order valence-electron chi connectivity index (χ0n) is 7.46. The molecule has 0 aliphatic heterocycles. The molecule has 2 unspecified atom stereocenters. The van der Waals surface area contributed by atoms with Gasteiger partial charge in [-0.1, -0.05) is 0 Å². The smallest absolute Gasteiger partial charge is 0.326 e. The number of esters is 1. The Morgan fingerprint density at radius 3 is 2.46 bits per heavy atom. The summed E-state index contributed by atoms with van der Waals surface area (Å²) in [5, 5.41) is 9.08. The fraction of sp³-hybridized carbons (Fsp3) is 0.857. The number of halogens is 2. The minimum absolute atomic E-state index is 0.0336. The largest absolute Gasteiger partial charge is 0.465 e. The first kappa shape index (κ1) is 12.2. The lowest BCUT2D eigenvalue weighted by Gasteiger charge is -2.27. The van der Waals surface area contributed by atoms with E-state index in [-0.39, 0.29) is 6.61 Å². The van der Waals surface area contributed by atoms with E-state index in [1.807, 2.05) is 0 Å². The lowest BCUT2D eigenvalue weighted by molar-refractivity contribution is -0.160. The van der Waals surface area contributed by atoms with Crippen molar-refractivity contribution in [1.82, 2.24) is 0 Å². The number of alkyl halides is 2. The third kappa shape index (κ3) is 2.89. The summed E-state index contributed by atoms with van der Waals surface area (Å²) < 4.78 is 28.6. The summed E-state index contributed by atoms with van der Waals surface area (Å²) in [6.07, 6.45) is -3.09. The fourth-order valence-electron chi connectivity index (χ4n) is 0.606. The highest BCUT2D eigenvalue weighted by atomic mass is 19.3. The molecule has 0 radical (unpaired) electrons. The van der Waals surface area contributed by atoms with Crippen molar-refractivity contribution >= 4 is 5.97 Å². The summed E-state index contributed by atoms with van der Waals surface area (Å²) in [6.45, 7) is 2.34. The second kappa shape index (κ2) is 4.48. The Morgan fingerprint density at radius 2 is 2.15 bits per heavy atom. The van der Waals surface area contributed by atoms with Gasteiger partial charge in [0.2, 0.25) is 0 Å². The zero-order valence-corrected chi connectivity index (χ0v) is 7.46. The van der Waals surface area contributed by atoms with Crippen LogP contribution >= 0.6 is 0 Å². The molecule has 2 atom stereocenters. The predicted octanol–water partition coefficient (Wildman–Crippen LogP) is -0.107. The van der Waals surface area contributed by atoms with E-state index >= 15 is 0 Å². The van der Waals surface area contributed by atoms with Crippen LogP contribution in [0.3, 0.4) is 0 Å². The van der Waals surface area contributed by atoms with Crippen molar-refractivity contribution in [2.24, 2.45) is 5.73 Å². The average molecular weight is 197 g/mol. The molecule has 0 bridgehead atoms. The summed E-state index contributed by atoms with van der Waals surface area (Å²) in [5.74, 6) is -1.03. The lowest BCUT2D eigenvalue weighted by Crippen LogP contribution is -2.55. The molecule has 78 valence electrons. The number of rotatable bonds is 4. The summed E-state index contributed by atoms with van der Waals surface area (Å²) in [7, 11) is 0. The lowest BCUT2D eigenvalue weighted by atomic mass is 9.98. The number of aliphatic hydroxyl groups is 1. The van der Waals surface area contributed by atoms with Gasteiger partial charge in [0.1, 0.15) is 11.6 Å². The number of carbonyl (C=O) groups excluding carboxylic acids is 1. The number of hydrogen-bond acceptors (Lipinski definition) is 4. The van der Waals surface area contributed by atoms with E-state index in [2.05, 4.69) is 4.74 Å². The van der Waals surface area contributed by atoms with Crippen LogP contribution in [-0.2, 0) is 9.53 Å². The van der Waals surface area contributed by atoms with E-state index < -0.39 is 24.0 Å². The van der Waals surface area contributed by atoms with Crippen LogP contribution in [0, 0.1) is 0 Å². The van der Waals surface area contributed by atoms with Gasteiger partial charge in [0.15, 0.2) is 0 Å². The molecule has 0 aromatic heterocycles. The Balaban J connectivity index is 4.39. The van der Waals surface area contributed by atoms with Crippen LogP contribution in [0.1, 0.15) is 13.8 Å². The van der Waals surface area contributed by atoms with Crippen LogP contribution in [-0.4, -0.2) is 35.8 Å². The molecular formula is C7H13F2NO3. The van der Waals surface area contributed by atoms with E-state index in [4.69, 9.17) is 10.8 Å². The Bertz CT molecular complexity index is 185. The first-order chi connectivity index (χ1) is 5.84. The molecule has 0 amide bonds. The molecule has 0 aliphatic rings. The molecule has 3 N–H and O–H groups in total. The van der Waals surface area contributed by atoms with Crippen molar-refractivity contribution in [1.29, 1.82) is 0 Å². The minimum atomic E-state index is -3.09. The highest BCUT2D eigenvalue weighted by Gasteiger charge is 2.43. The third-order valence-corrected chi connectivity index (χ3v) is 1.61. The maximum Gasteiger partial charge on any atom is 0.326 e. The van der Waals surface area contributed by atoms with Gasteiger partial charge in [0.05, 0.1) is 6.61 Å². The first-order valence-corrected chi connectivity index (χ1v) is 3.76. The van der Waals surface area contributed by atoms with Crippen LogP contribution in [0.5, 0.6) is 0 Å². The molecule has 0 rings (SSSR count). The first-order valence-electron chi connectivity index (χ1n) is 3.76. The van der Waals surface area contributed by atoms with Crippen LogP contribution in [0.2, 0.25) is 0 Å². The molecule has 13 heavy (non-hydrogen) atoms. The average Bonchev–Trinajstić information content (AvgIpc) is 2.03. The molecule has 0 heterocycles. The number of ether oxygens (including phenoxy) is 1. The predicted molar refractivity (Wildman–Crippen MR) is 41.2 cm³/mol. The summed E-state index contributed by atoms with van der Waals surface area (Å²) in [6, 6.07) is -1.73. The van der Waals surface area contributed by atoms with E-state index in [1.54, 1.807) is 0 Å². The molecular weight excluding hydrogens is 184 g/mol. The van der Waals surface area contributed by atoms with E-state index in [0.717, 1.165) is 6.92 Å². The Morgan fingerprint density at radius 1 is 1.69 bits per heavy atom. The van der Waals surface area contributed by atoms with Gasteiger partial charge >= 0.3 is 5.97 Å². The second-order valence-corrected chi connectivity index (χ2v) is 2.76. The molecule has 0 aromatic rings. The standard InChI is InChI=1S/C7H13F2NO3/c1-3-13-5(11)4(10)7(2,12)6(8)9/h4,6,12H,3,10H2,1-2H3. The van der Waals surface area contributed by atoms with Crippen LogP contribution in [0.4, 0.5) is 8.78 Å². The maximum atomic E-state index is 12.1. The van der Waals surface area contributed by atoms with Crippen LogP contribution in [0.15, 0.2) is 0 Å². The fourth-order valence-corrected chi connectivity index (χ4v) is 0.606. The normalized spacial score (nSPS) is 18.1. The third-order valence-electron chi connectivity index (χ3n) is 1.61. The molecule has 0 spiro atoms. The quantitative estimate of drug-likeness (QED) is 0.617. The van der Waals surface area contributed by atoms with Crippen LogP contribution < -0.4 is 5.73 Å². The van der Waals surface area contributed by atoms with Gasteiger partial charge in [-0.2, -0.15) is 0 Å². The van der Waals surface area contributed by atoms with Crippen molar-refractivity contribution in [3.05, 3.63) is 0 Å². The zero-order chi connectivity index (χ0) is 10.6. The van der Waals surface area contributed by atoms with Crippen molar-refractivity contribution in [2.75, 3.05) is 6.61 Å². The van der Waals surface area contributed by atoms with Crippen molar-refractivity contribution in [2.45, 2.75) is 31.9 Å². The molecule has 0 aromatic carbocycles. The molecule has 4 nitrogen and oxygen atoms in total. The van der Waals surface area contributed by atoms with Gasteiger partial charge in [-0.3, -0.25) is 4.79 Å². The molecule has 0 aliphatic carbocycles. The van der Waals surface area contributed by atoms with Crippen LogP contribution in [0.25, 0.3) is 0 Å². The number of carbonyl (C=O) groups is 1. The summed E-state index contributed by atoms with van der Waals surface area (Å²) in [4.78, 5) is 10.9. The summed E-state index contributed by atoms with van der Waals surface area (Å²) >= 11 is 0. The number of nitrogens with two attached hydrogens (primary N) is 1. The van der Waals surface area contributed by atoms with E-state index in [9.17, 15) is 13.6 Å². The second-order valence-electron chi connectivity index (χ2n) is 2.76. The highest BCUT2D eigenvalue weighted by molar-refractivity contribution is 5.77. The molecule has 0 fully saturated rings. The monoisotopic (exact) mass is 197 g/mol. The Labute approximate surface area is 74.7 Å². The Kier molecular flexibility index (Phi) is 4.22. The van der Waals surface area contributed by atoms with Crippen molar-refractivity contribution in [3.8, 4) is 0 Å². The van der Waals surface area contributed by atoms with Gasteiger partial charge in [-0.15, -0.1) is 0 Å². The topological polar surface area (TPSA) is 72.5 Å². The van der Waals surface area contributed by atoms with E-state index in [0.29, 0.717) is 0 Å². The van der Waals surface area contributed by atoms with Gasteiger partial charge in [0, 0.05) is 0 Å². The SMILES string of the molecule is CCOC(=O)C(N)C(C)(O)C(F)F. The van der Waals surface area contributed by atoms with Crippen molar-refractivity contribution in [3.63, 3.8) is 0 Å². The number of hydrogen-bond donors (Lipinski definition) is 2. The maximum absolute atomic E-state index is 12.1. The molecule has 6 heteroatoms. The van der Waals surface area contributed by atoms with Gasteiger partial charge < -0.3 is 15.6 Å². The van der Waals surface area contributed by atoms with E-state index in [1.165, 1.54) is 6.92 Å². The van der Waals surface area contributed by atoms with Crippen molar-refractivity contribution < 1.29 is 23.4 Å². The summed E-state index contributed by atoms with van der Waals surface area (Å²) in [5.41, 5.74) is 2.53. The highest BCUT2D eigenvalue weighted by Crippen LogP contribution is 2.18. The van der Waals surface area contributed by atoms with Gasteiger partial charge in [-0.05, 0) is 13.8 Å².